The molecule has 0 spiro atoms. The van der Waals surface area contributed by atoms with E-state index in [1.807, 2.05) is 18.2 Å². The Labute approximate surface area is 142 Å². The molecule has 2 aromatic rings. The number of thioether (sulfide) groups is 1. The van der Waals surface area contributed by atoms with Crippen molar-refractivity contribution in [1.82, 2.24) is 0 Å². The summed E-state index contributed by atoms with van der Waals surface area (Å²) in [6, 6.07) is 13.0. The fourth-order valence-electron chi connectivity index (χ4n) is 1.97. The maximum Gasteiger partial charge on any atom is 0.283 e. The molecule has 0 fully saturated rings. The molecule has 8 heteroatoms. The molecule has 0 saturated heterocycles. The predicted octanol–water partition coefficient (Wildman–Crippen LogP) is 2.45. The highest BCUT2D eigenvalue weighted by Gasteiger charge is 2.19. The maximum atomic E-state index is 12.2. The van der Waals surface area contributed by atoms with E-state index in [4.69, 9.17) is 5.73 Å². The lowest BCUT2D eigenvalue weighted by Crippen LogP contribution is -2.27. The van der Waals surface area contributed by atoms with Crippen LogP contribution in [0.4, 0.5) is 11.4 Å². The number of nitro benzene ring substituents is 1. The van der Waals surface area contributed by atoms with Gasteiger partial charge in [0.25, 0.3) is 5.69 Å². The third-order valence-electron chi connectivity index (χ3n) is 3.31. The summed E-state index contributed by atoms with van der Waals surface area (Å²) in [5, 5.41) is 11.1. The van der Waals surface area contributed by atoms with Gasteiger partial charge in [0.15, 0.2) is 0 Å². The number of carbonyl (C=O) groups is 2. The van der Waals surface area contributed by atoms with Gasteiger partial charge < -0.3 is 10.6 Å². The Balaban J connectivity index is 2.12. The quantitative estimate of drug-likeness (QED) is 0.492. The predicted molar refractivity (Wildman–Crippen MR) is 92.2 cm³/mol. The van der Waals surface area contributed by atoms with E-state index in [1.54, 1.807) is 19.2 Å². The first kappa shape index (κ1) is 17.5. The van der Waals surface area contributed by atoms with Gasteiger partial charge in [-0.15, -0.1) is 11.8 Å². The molecule has 0 atom stereocenters. The van der Waals surface area contributed by atoms with Crippen LogP contribution in [0.25, 0.3) is 0 Å². The number of anilines is 1. The molecule has 7 nitrogen and oxygen atoms in total. The Bertz CT molecular complexity index is 780. The average Bonchev–Trinajstić information content (AvgIpc) is 2.59. The van der Waals surface area contributed by atoms with Crippen LogP contribution < -0.4 is 10.6 Å². The second-order valence-electron chi connectivity index (χ2n) is 4.88. The number of primary amides is 1. The van der Waals surface area contributed by atoms with Crippen molar-refractivity contribution in [1.29, 1.82) is 0 Å². The van der Waals surface area contributed by atoms with Crippen LogP contribution in [0.2, 0.25) is 0 Å². The molecule has 124 valence electrons. The van der Waals surface area contributed by atoms with Crippen molar-refractivity contribution in [3.63, 3.8) is 0 Å². The third kappa shape index (κ3) is 4.11. The van der Waals surface area contributed by atoms with Crippen molar-refractivity contribution in [3.8, 4) is 0 Å². The van der Waals surface area contributed by atoms with E-state index >= 15 is 0 Å². The molecule has 0 saturated carbocycles. The number of hydrogen-bond acceptors (Lipinski definition) is 5. The maximum absolute atomic E-state index is 12.2. The van der Waals surface area contributed by atoms with Crippen molar-refractivity contribution < 1.29 is 14.5 Å². The summed E-state index contributed by atoms with van der Waals surface area (Å²) in [5.41, 5.74) is 5.68. The molecule has 0 unspecified atom stereocenters. The Morgan fingerprint density at radius 2 is 1.88 bits per heavy atom. The van der Waals surface area contributed by atoms with Gasteiger partial charge in [-0.05, 0) is 24.3 Å². The van der Waals surface area contributed by atoms with E-state index in [0.717, 1.165) is 23.5 Å². The molecular weight excluding hydrogens is 330 g/mol. The molecule has 2 aromatic carbocycles. The molecule has 0 aliphatic rings. The normalized spacial score (nSPS) is 10.2. The second kappa shape index (κ2) is 7.60. The fourth-order valence-corrected chi connectivity index (χ4v) is 2.89. The van der Waals surface area contributed by atoms with E-state index in [1.165, 1.54) is 17.0 Å². The first-order valence-corrected chi connectivity index (χ1v) is 7.91. The van der Waals surface area contributed by atoms with Crippen LogP contribution in [0, 0.1) is 10.1 Å². The van der Waals surface area contributed by atoms with Crippen LogP contribution in [-0.4, -0.2) is 29.5 Å². The zero-order valence-electron chi connectivity index (χ0n) is 12.8. The number of amides is 2. The largest absolute Gasteiger partial charge is 0.366 e. The molecular formula is C16H15N3O4S. The lowest BCUT2D eigenvalue weighted by molar-refractivity contribution is -0.387. The van der Waals surface area contributed by atoms with Gasteiger partial charge in [0.2, 0.25) is 11.8 Å². The minimum absolute atomic E-state index is 0.0299. The summed E-state index contributed by atoms with van der Waals surface area (Å²) < 4.78 is 0. The summed E-state index contributed by atoms with van der Waals surface area (Å²) in [4.78, 5) is 35.7. The van der Waals surface area contributed by atoms with E-state index in [-0.39, 0.29) is 22.9 Å². The third-order valence-corrected chi connectivity index (χ3v) is 4.36. The van der Waals surface area contributed by atoms with Gasteiger partial charge in [0.1, 0.15) is 0 Å². The zero-order chi connectivity index (χ0) is 17.7. The van der Waals surface area contributed by atoms with Crippen LogP contribution in [-0.2, 0) is 4.79 Å². The first-order valence-electron chi connectivity index (χ1n) is 6.93. The Kier molecular flexibility index (Phi) is 5.54. The highest BCUT2D eigenvalue weighted by molar-refractivity contribution is 8.00. The number of nitrogens with zero attached hydrogens (tertiary/aromatic N) is 2. The van der Waals surface area contributed by atoms with Gasteiger partial charge in [0, 0.05) is 24.4 Å². The van der Waals surface area contributed by atoms with E-state index in [9.17, 15) is 19.7 Å². The molecule has 2 N–H and O–H groups in total. The summed E-state index contributed by atoms with van der Waals surface area (Å²) in [6.45, 7) is 0. The van der Waals surface area contributed by atoms with Crippen LogP contribution in [0.3, 0.4) is 0 Å². The number of para-hydroxylation sites is 1. The second-order valence-corrected chi connectivity index (χ2v) is 5.90. The fraction of sp³-hybridized carbons (Fsp3) is 0.125. The van der Waals surface area contributed by atoms with E-state index in [2.05, 4.69) is 0 Å². The van der Waals surface area contributed by atoms with Crippen LogP contribution in [0.1, 0.15) is 10.4 Å². The molecule has 2 amide bonds. The number of nitrogens with two attached hydrogens (primary N) is 1. The lowest BCUT2D eigenvalue weighted by Gasteiger charge is -2.16. The Morgan fingerprint density at radius 1 is 1.21 bits per heavy atom. The van der Waals surface area contributed by atoms with Gasteiger partial charge >= 0.3 is 0 Å². The van der Waals surface area contributed by atoms with Gasteiger partial charge in [-0.25, -0.2) is 0 Å². The molecule has 0 aromatic heterocycles. The Morgan fingerprint density at radius 3 is 2.46 bits per heavy atom. The molecule has 2 rings (SSSR count). The summed E-state index contributed by atoms with van der Waals surface area (Å²) in [5.74, 6) is -0.906. The number of benzene rings is 2. The van der Waals surface area contributed by atoms with Crippen molar-refractivity contribution in [2.45, 2.75) is 4.90 Å². The smallest absolute Gasteiger partial charge is 0.283 e. The van der Waals surface area contributed by atoms with E-state index < -0.39 is 10.8 Å². The SMILES string of the molecule is CN(C(=O)CSc1ccc(C(N)=O)cc1[N+](=O)[O-])c1ccccc1. The van der Waals surface area contributed by atoms with Gasteiger partial charge in [-0.2, -0.15) is 0 Å². The highest BCUT2D eigenvalue weighted by Crippen LogP contribution is 2.30. The molecule has 0 aliphatic heterocycles. The molecule has 24 heavy (non-hydrogen) atoms. The minimum Gasteiger partial charge on any atom is -0.366 e. The molecule has 0 heterocycles. The van der Waals surface area contributed by atoms with E-state index in [0.29, 0.717) is 4.90 Å². The molecule has 0 aliphatic carbocycles. The average molecular weight is 345 g/mol. The monoisotopic (exact) mass is 345 g/mol. The number of rotatable bonds is 6. The molecule has 0 radical (unpaired) electrons. The van der Waals surface area contributed by atoms with Crippen LogP contribution in [0.5, 0.6) is 0 Å². The zero-order valence-corrected chi connectivity index (χ0v) is 13.7. The first-order chi connectivity index (χ1) is 11.4. The van der Waals surface area contributed by atoms with Crippen molar-refractivity contribution in [2.75, 3.05) is 17.7 Å². The van der Waals surface area contributed by atoms with Gasteiger partial charge in [0.05, 0.1) is 15.6 Å². The summed E-state index contributed by atoms with van der Waals surface area (Å²) >= 11 is 1.04. The summed E-state index contributed by atoms with van der Waals surface area (Å²) in [7, 11) is 1.64. The highest BCUT2D eigenvalue weighted by atomic mass is 32.2. The number of nitro groups is 1. The minimum atomic E-state index is -0.741. The van der Waals surface area contributed by atoms with Crippen molar-refractivity contribution >= 4 is 35.0 Å². The lowest BCUT2D eigenvalue weighted by atomic mass is 10.2. The molecule has 0 bridgehead atoms. The van der Waals surface area contributed by atoms with Crippen LogP contribution >= 0.6 is 11.8 Å². The van der Waals surface area contributed by atoms with Crippen LogP contribution in [0.15, 0.2) is 53.4 Å². The van der Waals surface area contributed by atoms with Crippen molar-refractivity contribution in [3.05, 3.63) is 64.2 Å². The number of hydrogen-bond donors (Lipinski definition) is 1. The number of carbonyl (C=O) groups excluding carboxylic acids is 2. The van der Waals surface area contributed by atoms with Gasteiger partial charge in [-0.3, -0.25) is 19.7 Å². The van der Waals surface area contributed by atoms with Gasteiger partial charge in [-0.1, -0.05) is 18.2 Å². The Hall–Kier alpha value is -2.87. The topological polar surface area (TPSA) is 107 Å². The van der Waals surface area contributed by atoms with Crippen molar-refractivity contribution in [2.24, 2.45) is 5.73 Å². The standard InChI is InChI=1S/C16H15N3O4S/c1-18(12-5-3-2-4-6-12)15(20)10-24-14-8-7-11(16(17)21)9-13(14)19(22)23/h2-9H,10H2,1H3,(H2,17,21). The summed E-state index contributed by atoms with van der Waals surface area (Å²) in [6.07, 6.45) is 0.